The molecular weight excluding hydrogens is 224 g/mol. The number of nitrogens with one attached hydrogen (secondary N) is 1. The number of anilines is 1. The first-order valence-electron chi connectivity index (χ1n) is 6.91. The molecule has 0 bridgehead atoms. The highest BCUT2D eigenvalue weighted by Gasteiger charge is 2.28. The van der Waals surface area contributed by atoms with E-state index >= 15 is 0 Å². The van der Waals surface area contributed by atoms with Crippen molar-refractivity contribution in [2.75, 3.05) is 31.7 Å². The summed E-state index contributed by atoms with van der Waals surface area (Å²) in [6, 6.07) is 9.50. The van der Waals surface area contributed by atoms with Crippen molar-refractivity contribution in [3.8, 4) is 0 Å². The molecule has 100 valence electrons. The summed E-state index contributed by atoms with van der Waals surface area (Å²) in [7, 11) is 1.74. The molecule has 1 aromatic rings. The lowest BCUT2D eigenvalue weighted by Crippen LogP contribution is -2.27. The van der Waals surface area contributed by atoms with Gasteiger partial charge < -0.3 is 15.0 Å². The van der Waals surface area contributed by atoms with Crippen LogP contribution in [0.4, 0.5) is 5.69 Å². The summed E-state index contributed by atoms with van der Waals surface area (Å²) >= 11 is 0. The van der Waals surface area contributed by atoms with Crippen molar-refractivity contribution in [2.45, 2.75) is 32.4 Å². The highest BCUT2D eigenvalue weighted by molar-refractivity contribution is 5.55. The molecule has 3 nitrogen and oxygen atoms in total. The van der Waals surface area contributed by atoms with E-state index in [9.17, 15) is 0 Å². The van der Waals surface area contributed by atoms with Crippen LogP contribution in [-0.2, 0) is 11.3 Å². The third-order valence-electron chi connectivity index (χ3n) is 3.43. The fourth-order valence-corrected chi connectivity index (χ4v) is 2.35. The average Bonchev–Trinajstić information content (AvgIpc) is 3.22. The van der Waals surface area contributed by atoms with Crippen LogP contribution in [0, 0.1) is 0 Å². The molecule has 0 heterocycles. The van der Waals surface area contributed by atoms with Gasteiger partial charge in [-0.3, -0.25) is 0 Å². The lowest BCUT2D eigenvalue weighted by molar-refractivity contribution is 0.199. The molecule has 18 heavy (non-hydrogen) atoms. The van der Waals surface area contributed by atoms with Crippen LogP contribution in [0.3, 0.4) is 0 Å². The van der Waals surface area contributed by atoms with Crippen LogP contribution in [0.25, 0.3) is 0 Å². The second kappa shape index (κ2) is 6.76. The minimum atomic E-state index is 0.766. The third-order valence-corrected chi connectivity index (χ3v) is 3.43. The fraction of sp³-hybridized carbons (Fsp3) is 0.600. The van der Waals surface area contributed by atoms with E-state index in [0.29, 0.717) is 0 Å². The summed E-state index contributed by atoms with van der Waals surface area (Å²) in [5.74, 6) is 0. The van der Waals surface area contributed by atoms with Gasteiger partial charge in [-0.25, -0.2) is 0 Å². The summed E-state index contributed by atoms with van der Waals surface area (Å²) in [5.41, 5.74) is 2.79. The molecule has 0 atom stereocenters. The van der Waals surface area contributed by atoms with Crippen molar-refractivity contribution in [1.82, 2.24) is 5.32 Å². The van der Waals surface area contributed by atoms with Gasteiger partial charge in [0.25, 0.3) is 0 Å². The smallest absolute Gasteiger partial charge is 0.0587 e. The Morgan fingerprint density at radius 1 is 1.33 bits per heavy atom. The topological polar surface area (TPSA) is 24.5 Å². The summed E-state index contributed by atoms with van der Waals surface area (Å²) in [6.45, 7) is 5.93. The number of rotatable bonds is 8. The molecule has 3 heteroatoms. The molecule has 0 aliphatic heterocycles. The van der Waals surface area contributed by atoms with Crippen LogP contribution in [0.1, 0.15) is 25.3 Å². The lowest BCUT2D eigenvalue weighted by Gasteiger charge is -2.25. The maximum absolute atomic E-state index is 5.05. The van der Waals surface area contributed by atoms with Gasteiger partial charge in [-0.1, -0.05) is 18.2 Å². The van der Waals surface area contributed by atoms with Crippen LogP contribution in [-0.4, -0.2) is 32.8 Å². The maximum Gasteiger partial charge on any atom is 0.0587 e. The standard InChI is InChI=1S/C15H24N2O/c1-3-17(14-8-9-14)15-7-5-4-6-13(15)12-16-10-11-18-2/h4-7,14,16H,3,8-12H2,1-2H3. The molecule has 1 aromatic carbocycles. The summed E-state index contributed by atoms with van der Waals surface area (Å²) in [4.78, 5) is 2.54. The Hall–Kier alpha value is -1.06. The Morgan fingerprint density at radius 3 is 2.78 bits per heavy atom. The van der Waals surface area contributed by atoms with E-state index in [1.54, 1.807) is 7.11 Å². The molecule has 0 spiro atoms. The molecule has 0 unspecified atom stereocenters. The van der Waals surface area contributed by atoms with Gasteiger partial charge >= 0.3 is 0 Å². The van der Waals surface area contributed by atoms with Crippen LogP contribution >= 0.6 is 0 Å². The van der Waals surface area contributed by atoms with Crippen LogP contribution < -0.4 is 10.2 Å². The van der Waals surface area contributed by atoms with Crippen LogP contribution in [0.15, 0.2) is 24.3 Å². The molecule has 0 aromatic heterocycles. The minimum absolute atomic E-state index is 0.766. The zero-order valence-corrected chi connectivity index (χ0v) is 11.5. The molecule has 1 saturated carbocycles. The summed E-state index contributed by atoms with van der Waals surface area (Å²) in [5, 5.41) is 3.43. The van der Waals surface area contributed by atoms with Gasteiger partial charge in [0.2, 0.25) is 0 Å². The number of benzene rings is 1. The van der Waals surface area contributed by atoms with Gasteiger partial charge in [0.15, 0.2) is 0 Å². The molecule has 1 fully saturated rings. The first-order chi connectivity index (χ1) is 8.86. The number of hydrogen-bond acceptors (Lipinski definition) is 3. The van der Waals surface area contributed by atoms with E-state index in [0.717, 1.165) is 32.3 Å². The lowest BCUT2D eigenvalue weighted by atomic mass is 10.1. The van der Waals surface area contributed by atoms with E-state index in [4.69, 9.17) is 4.74 Å². The Morgan fingerprint density at radius 2 is 2.11 bits per heavy atom. The second-order valence-electron chi connectivity index (χ2n) is 4.82. The molecule has 0 radical (unpaired) electrons. The normalized spacial score (nSPS) is 14.8. The molecule has 1 aliphatic rings. The second-order valence-corrected chi connectivity index (χ2v) is 4.82. The minimum Gasteiger partial charge on any atom is -0.383 e. The first kappa shape index (κ1) is 13.4. The van der Waals surface area contributed by atoms with E-state index in [1.165, 1.54) is 24.1 Å². The van der Waals surface area contributed by atoms with Crippen molar-refractivity contribution >= 4 is 5.69 Å². The van der Waals surface area contributed by atoms with Gasteiger partial charge in [-0.2, -0.15) is 0 Å². The zero-order valence-electron chi connectivity index (χ0n) is 11.5. The highest BCUT2D eigenvalue weighted by Crippen LogP contribution is 2.33. The molecule has 0 saturated heterocycles. The highest BCUT2D eigenvalue weighted by atomic mass is 16.5. The number of methoxy groups -OCH3 is 1. The molecule has 2 rings (SSSR count). The van der Waals surface area contributed by atoms with E-state index in [-0.39, 0.29) is 0 Å². The number of nitrogens with zero attached hydrogens (tertiary/aromatic N) is 1. The fourth-order valence-electron chi connectivity index (χ4n) is 2.35. The number of para-hydroxylation sites is 1. The molecule has 0 amide bonds. The number of ether oxygens (including phenoxy) is 1. The quantitative estimate of drug-likeness (QED) is 0.715. The molecule has 1 N–H and O–H groups in total. The Kier molecular flexibility index (Phi) is 5.02. The molecule has 1 aliphatic carbocycles. The monoisotopic (exact) mass is 248 g/mol. The van der Waals surface area contributed by atoms with Crippen molar-refractivity contribution in [3.63, 3.8) is 0 Å². The van der Waals surface area contributed by atoms with Gasteiger partial charge in [0, 0.05) is 38.5 Å². The van der Waals surface area contributed by atoms with Crippen molar-refractivity contribution in [1.29, 1.82) is 0 Å². The van der Waals surface area contributed by atoms with Crippen molar-refractivity contribution in [2.24, 2.45) is 0 Å². The van der Waals surface area contributed by atoms with Crippen LogP contribution in [0.2, 0.25) is 0 Å². The number of hydrogen-bond donors (Lipinski definition) is 1. The van der Waals surface area contributed by atoms with Gasteiger partial charge in [0.1, 0.15) is 0 Å². The van der Waals surface area contributed by atoms with Gasteiger partial charge in [-0.05, 0) is 31.4 Å². The van der Waals surface area contributed by atoms with E-state index < -0.39 is 0 Å². The SMILES string of the molecule is CCN(c1ccccc1CNCCOC)C1CC1. The van der Waals surface area contributed by atoms with Crippen molar-refractivity contribution < 1.29 is 4.74 Å². The molecular formula is C15H24N2O. The van der Waals surface area contributed by atoms with E-state index in [1.807, 2.05) is 0 Å². The summed E-state index contributed by atoms with van der Waals surface area (Å²) in [6.07, 6.45) is 2.69. The first-order valence-corrected chi connectivity index (χ1v) is 6.91. The maximum atomic E-state index is 5.05. The largest absolute Gasteiger partial charge is 0.383 e. The Bertz CT molecular complexity index is 363. The Balaban J connectivity index is 2.00. The predicted molar refractivity (Wildman–Crippen MR) is 76.1 cm³/mol. The summed E-state index contributed by atoms with van der Waals surface area (Å²) < 4.78 is 5.05. The van der Waals surface area contributed by atoms with Gasteiger partial charge in [-0.15, -0.1) is 0 Å². The Labute approximate surface area is 110 Å². The zero-order chi connectivity index (χ0) is 12.8. The van der Waals surface area contributed by atoms with Crippen molar-refractivity contribution in [3.05, 3.63) is 29.8 Å². The van der Waals surface area contributed by atoms with E-state index in [2.05, 4.69) is 41.4 Å². The predicted octanol–water partition coefficient (Wildman–Crippen LogP) is 2.41. The third kappa shape index (κ3) is 3.47. The average molecular weight is 248 g/mol. The van der Waals surface area contributed by atoms with Gasteiger partial charge in [0.05, 0.1) is 6.61 Å². The van der Waals surface area contributed by atoms with Crippen LogP contribution in [0.5, 0.6) is 0 Å².